The van der Waals surface area contributed by atoms with Gasteiger partial charge in [-0.1, -0.05) is 75.2 Å². The van der Waals surface area contributed by atoms with Crippen LogP contribution in [0.3, 0.4) is 0 Å². The second-order valence-corrected chi connectivity index (χ2v) is 7.56. The Kier molecular flexibility index (Phi) is 11.9. The number of benzene rings is 3. The second kappa shape index (κ2) is 15.4. The van der Waals surface area contributed by atoms with Crippen molar-refractivity contribution < 1.29 is 38.5 Å². The normalized spacial score (nSPS) is 11.4. The number of ether oxygens (including phenoxy) is 4. The summed E-state index contributed by atoms with van der Waals surface area (Å²) in [6.45, 7) is 5.72. The van der Waals surface area contributed by atoms with Crippen molar-refractivity contribution >= 4 is 21.5 Å². The third-order valence-corrected chi connectivity index (χ3v) is 5.00. The van der Waals surface area contributed by atoms with Crippen LogP contribution in [0.15, 0.2) is 48.5 Å². The topological polar surface area (TPSA) is 73.8 Å². The quantitative estimate of drug-likeness (QED) is 0.0719. The van der Waals surface area contributed by atoms with E-state index in [-0.39, 0.29) is 27.2 Å². The lowest BCUT2D eigenvalue weighted by molar-refractivity contribution is -0.280. The van der Waals surface area contributed by atoms with Gasteiger partial charge in [0.05, 0.1) is 0 Å². The molecule has 0 spiro atoms. The summed E-state index contributed by atoms with van der Waals surface area (Å²) in [4.78, 5) is 22.0. The molecule has 0 bridgehead atoms. The van der Waals surface area contributed by atoms with Crippen molar-refractivity contribution in [2.24, 2.45) is 0 Å². The first-order chi connectivity index (χ1) is 16.9. The summed E-state index contributed by atoms with van der Waals surface area (Å²) in [5.74, 6) is 1.13. The molecule has 186 valence electrons. The van der Waals surface area contributed by atoms with Gasteiger partial charge in [0.25, 0.3) is 0 Å². The van der Waals surface area contributed by atoms with Gasteiger partial charge in [-0.15, -0.1) is 0 Å². The van der Waals surface area contributed by atoms with Gasteiger partial charge in [-0.2, -0.15) is 9.78 Å². The molecule has 0 aliphatic rings. The Morgan fingerprint density at radius 2 is 0.882 bits per heavy atom. The Labute approximate surface area is 200 Å². The summed E-state index contributed by atoms with van der Waals surface area (Å²) in [5.41, 5.74) is 0. The molecule has 0 atom stereocenters. The minimum absolute atomic E-state index is 0.0617. The fourth-order valence-electron chi connectivity index (χ4n) is 3.26. The lowest BCUT2D eigenvalue weighted by Gasteiger charge is -2.16. The first kappa shape index (κ1) is 26.2. The van der Waals surface area contributed by atoms with E-state index < -0.39 is 0 Å². The van der Waals surface area contributed by atoms with Crippen LogP contribution >= 0.6 is 0 Å². The zero-order valence-electron chi connectivity index (χ0n) is 20.0. The Morgan fingerprint density at radius 1 is 0.500 bits per heavy atom. The first-order valence-electron chi connectivity index (χ1n) is 11.7. The van der Waals surface area contributed by atoms with Crippen LogP contribution in [-0.4, -0.2) is 40.4 Å². The molecule has 0 heterocycles. The number of fused-ring (bicyclic) bond motifs is 2. The standard InChI is InChI=1S/C26H34O8/c1-3-5-15-27-17-29-19-31-33-25-21-11-7-9-13-23(21)26(24-14-10-8-12-22(24)25)34-32-20-30-18-28-16-6-4-2/h7-14H,3-6,15-20H2,1-2H3. The van der Waals surface area contributed by atoms with Crippen LogP contribution in [0.25, 0.3) is 21.5 Å². The number of unbranched alkanes of at least 4 members (excludes halogenated alkanes) is 2. The van der Waals surface area contributed by atoms with E-state index >= 15 is 0 Å². The SMILES string of the molecule is CCCCOCOCOOc1c2ccccc2c(OOCOCOCCCC)c2ccccc12. The highest BCUT2D eigenvalue weighted by Gasteiger charge is 2.17. The molecule has 0 radical (unpaired) electrons. The highest BCUT2D eigenvalue weighted by Crippen LogP contribution is 2.42. The van der Waals surface area contributed by atoms with Gasteiger partial charge >= 0.3 is 0 Å². The highest BCUT2D eigenvalue weighted by atomic mass is 17.2. The molecule has 0 amide bonds. The van der Waals surface area contributed by atoms with Gasteiger partial charge in [0.15, 0.2) is 25.1 Å². The maximum Gasteiger partial charge on any atom is 0.195 e. The Bertz CT molecular complexity index is 843. The minimum Gasteiger partial charge on any atom is -0.355 e. The van der Waals surface area contributed by atoms with E-state index in [2.05, 4.69) is 13.8 Å². The number of hydrogen-bond donors (Lipinski definition) is 0. The van der Waals surface area contributed by atoms with E-state index in [9.17, 15) is 0 Å². The molecule has 8 nitrogen and oxygen atoms in total. The van der Waals surface area contributed by atoms with Gasteiger partial charge in [0.2, 0.25) is 0 Å². The Hall–Kier alpha value is -2.46. The average Bonchev–Trinajstić information content (AvgIpc) is 2.87. The number of rotatable bonds is 18. The summed E-state index contributed by atoms with van der Waals surface area (Å²) in [6, 6.07) is 15.4. The molecule has 3 rings (SSSR count). The molecule has 0 aliphatic carbocycles. The van der Waals surface area contributed by atoms with Gasteiger partial charge < -0.3 is 28.7 Å². The lowest BCUT2D eigenvalue weighted by atomic mass is 10.0. The van der Waals surface area contributed by atoms with Crippen molar-refractivity contribution in [3.63, 3.8) is 0 Å². The van der Waals surface area contributed by atoms with E-state index in [1.807, 2.05) is 48.5 Å². The van der Waals surface area contributed by atoms with E-state index in [1.165, 1.54) is 0 Å². The molecule has 0 fully saturated rings. The van der Waals surface area contributed by atoms with Crippen LogP contribution in [0.4, 0.5) is 0 Å². The highest BCUT2D eigenvalue weighted by molar-refractivity contribution is 6.10. The van der Waals surface area contributed by atoms with Crippen LogP contribution in [0.5, 0.6) is 11.5 Å². The molecule has 0 saturated carbocycles. The van der Waals surface area contributed by atoms with Crippen molar-refractivity contribution in [3.05, 3.63) is 48.5 Å². The summed E-state index contributed by atoms with van der Waals surface area (Å²) >= 11 is 0. The van der Waals surface area contributed by atoms with Gasteiger partial charge in [-0.05, 0) is 12.8 Å². The predicted octanol–water partition coefficient (Wildman–Crippen LogP) is 6.11. The average molecular weight is 475 g/mol. The molecule has 0 saturated heterocycles. The molecule has 0 N–H and O–H groups in total. The Balaban J connectivity index is 1.65. The van der Waals surface area contributed by atoms with Crippen molar-refractivity contribution in [2.75, 3.05) is 40.4 Å². The van der Waals surface area contributed by atoms with Gasteiger partial charge in [0.1, 0.15) is 13.6 Å². The predicted molar refractivity (Wildman–Crippen MR) is 128 cm³/mol. The van der Waals surface area contributed by atoms with Crippen molar-refractivity contribution in [1.82, 2.24) is 0 Å². The largest absolute Gasteiger partial charge is 0.355 e. The monoisotopic (exact) mass is 474 g/mol. The van der Waals surface area contributed by atoms with Crippen LogP contribution < -0.4 is 9.78 Å². The van der Waals surface area contributed by atoms with E-state index in [4.69, 9.17) is 38.5 Å². The third kappa shape index (κ3) is 7.80. The second-order valence-electron chi connectivity index (χ2n) is 7.56. The van der Waals surface area contributed by atoms with E-state index in [1.54, 1.807) is 0 Å². The molecule has 34 heavy (non-hydrogen) atoms. The maximum absolute atomic E-state index is 5.69. The fourth-order valence-corrected chi connectivity index (χ4v) is 3.26. The third-order valence-electron chi connectivity index (χ3n) is 5.00. The van der Waals surface area contributed by atoms with Crippen LogP contribution in [0, 0.1) is 0 Å². The van der Waals surface area contributed by atoms with Crippen LogP contribution in [0.1, 0.15) is 39.5 Å². The molecule has 3 aromatic carbocycles. The van der Waals surface area contributed by atoms with Crippen LogP contribution in [-0.2, 0) is 28.7 Å². The summed E-state index contributed by atoms with van der Waals surface area (Å²) in [7, 11) is 0. The van der Waals surface area contributed by atoms with Gasteiger partial charge in [0, 0.05) is 34.8 Å². The zero-order valence-corrected chi connectivity index (χ0v) is 20.0. The molecular weight excluding hydrogens is 440 g/mol. The molecule has 3 aromatic rings. The number of hydrogen-bond acceptors (Lipinski definition) is 8. The smallest absolute Gasteiger partial charge is 0.195 e. The van der Waals surface area contributed by atoms with Crippen molar-refractivity contribution in [2.45, 2.75) is 39.5 Å². The van der Waals surface area contributed by atoms with E-state index in [0.717, 1.165) is 47.2 Å². The van der Waals surface area contributed by atoms with Crippen LogP contribution in [0.2, 0.25) is 0 Å². The lowest BCUT2D eigenvalue weighted by Crippen LogP contribution is -2.09. The molecule has 0 unspecified atom stereocenters. The summed E-state index contributed by atoms with van der Waals surface area (Å²) < 4.78 is 21.3. The van der Waals surface area contributed by atoms with Crippen molar-refractivity contribution in [1.29, 1.82) is 0 Å². The maximum atomic E-state index is 5.69. The minimum atomic E-state index is -0.0617. The molecular formula is C26H34O8. The van der Waals surface area contributed by atoms with Crippen molar-refractivity contribution in [3.8, 4) is 11.5 Å². The molecule has 0 aromatic heterocycles. The molecule has 0 aliphatic heterocycles. The zero-order chi connectivity index (χ0) is 23.8. The summed E-state index contributed by atoms with van der Waals surface area (Å²) in [6.07, 6.45) is 4.14. The summed E-state index contributed by atoms with van der Waals surface area (Å²) in [5, 5.41) is 3.23. The van der Waals surface area contributed by atoms with E-state index in [0.29, 0.717) is 24.7 Å². The van der Waals surface area contributed by atoms with Gasteiger partial charge in [-0.3, -0.25) is 0 Å². The Morgan fingerprint density at radius 3 is 1.24 bits per heavy atom. The van der Waals surface area contributed by atoms with Gasteiger partial charge in [-0.25, -0.2) is 0 Å². The first-order valence-corrected chi connectivity index (χ1v) is 11.7. The fraction of sp³-hybridized carbons (Fsp3) is 0.462. The molecule has 8 heteroatoms.